The molecule has 0 bridgehead atoms. The molecule has 1 aliphatic heterocycles. The molecular formula is C17H18ClN3O2. The van der Waals surface area contributed by atoms with Crippen LogP contribution in [0.3, 0.4) is 0 Å². The number of ether oxygens (including phenoxy) is 1. The van der Waals surface area contributed by atoms with Crippen molar-refractivity contribution in [3.05, 3.63) is 53.2 Å². The number of anilines is 1. The van der Waals surface area contributed by atoms with Gasteiger partial charge in [0.25, 0.3) is 0 Å². The van der Waals surface area contributed by atoms with E-state index in [1.165, 1.54) is 0 Å². The highest BCUT2D eigenvalue weighted by molar-refractivity contribution is 6.32. The first-order valence-electron chi connectivity index (χ1n) is 7.51. The number of likely N-dealkylation sites (N-methyl/N-ethyl adjacent to an activating group) is 1. The van der Waals surface area contributed by atoms with Gasteiger partial charge in [-0.25, -0.2) is 9.78 Å². The van der Waals surface area contributed by atoms with Crippen LogP contribution in [0.25, 0.3) is 0 Å². The Morgan fingerprint density at radius 3 is 2.43 bits per heavy atom. The molecule has 3 rings (SSSR count). The van der Waals surface area contributed by atoms with E-state index in [2.05, 4.69) is 21.8 Å². The SMILES string of the molecule is CN1CCN(c2ccc(C(=O)Oc3ccccc3)c(Cl)n2)CC1. The van der Waals surface area contributed by atoms with Crippen LogP contribution in [-0.2, 0) is 0 Å². The standard InChI is InChI=1S/C17H18ClN3O2/c1-20-9-11-21(12-10-20)15-8-7-14(16(18)19-15)17(22)23-13-5-3-2-4-6-13/h2-8H,9-12H2,1H3. The van der Waals surface area contributed by atoms with E-state index in [0.29, 0.717) is 5.75 Å². The van der Waals surface area contributed by atoms with Gasteiger partial charge in [0.15, 0.2) is 0 Å². The summed E-state index contributed by atoms with van der Waals surface area (Å²) in [7, 11) is 2.10. The van der Waals surface area contributed by atoms with Gasteiger partial charge in [-0.1, -0.05) is 29.8 Å². The number of carbonyl (C=O) groups is 1. The summed E-state index contributed by atoms with van der Waals surface area (Å²) >= 11 is 6.19. The molecule has 1 aromatic heterocycles. The molecule has 0 unspecified atom stereocenters. The van der Waals surface area contributed by atoms with Crippen molar-refractivity contribution in [2.75, 3.05) is 38.1 Å². The zero-order valence-corrected chi connectivity index (χ0v) is 13.7. The third-order valence-electron chi connectivity index (χ3n) is 3.83. The van der Waals surface area contributed by atoms with Crippen molar-refractivity contribution in [1.29, 1.82) is 0 Å². The number of hydrogen-bond acceptors (Lipinski definition) is 5. The van der Waals surface area contributed by atoms with Gasteiger partial charge in [-0.3, -0.25) is 0 Å². The Balaban J connectivity index is 1.73. The maximum absolute atomic E-state index is 12.2. The molecule has 0 amide bonds. The Labute approximate surface area is 140 Å². The van der Waals surface area contributed by atoms with Crippen LogP contribution in [0, 0.1) is 0 Å². The van der Waals surface area contributed by atoms with Crippen LogP contribution in [0.1, 0.15) is 10.4 Å². The van der Waals surface area contributed by atoms with E-state index in [1.54, 1.807) is 30.3 Å². The van der Waals surface area contributed by atoms with E-state index in [-0.39, 0.29) is 10.7 Å². The summed E-state index contributed by atoms with van der Waals surface area (Å²) in [6, 6.07) is 12.4. The van der Waals surface area contributed by atoms with Crippen molar-refractivity contribution in [2.24, 2.45) is 0 Å². The minimum Gasteiger partial charge on any atom is -0.423 e. The predicted octanol–water partition coefficient (Wildman–Crippen LogP) is 2.71. The molecule has 0 aliphatic carbocycles. The molecule has 2 heterocycles. The van der Waals surface area contributed by atoms with Gasteiger partial charge in [0.05, 0.1) is 5.56 Å². The lowest BCUT2D eigenvalue weighted by atomic mass is 10.2. The Morgan fingerprint density at radius 1 is 1.09 bits per heavy atom. The number of nitrogens with zero attached hydrogens (tertiary/aromatic N) is 3. The van der Waals surface area contributed by atoms with Crippen LogP contribution >= 0.6 is 11.6 Å². The molecule has 120 valence electrons. The molecule has 0 N–H and O–H groups in total. The van der Waals surface area contributed by atoms with Crippen molar-refractivity contribution >= 4 is 23.4 Å². The number of halogens is 1. The summed E-state index contributed by atoms with van der Waals surface area (Å²) in [5, 5.41) is 0.169. The van der Waals surface area contributed by atoms with Crippen molar-refractivity contribution in [3.8, 4) is 5.75 Å². The summed E-state index contributed by atoms with van der Waals surface area (Å²) in [6.07, 6.45) is 0. The topological polar surface area (TPSA) is 45.7 Å². The highest BCUT2D eigenvalue weighted by atomic mass is 35.5. The van der Waals surface area contributed by atoms with E-state index in [1.807, 2.05) is 12.1 Å². The largest absolute Gasteiger partial charge is 0.423 e. The second-order valence-electron chi connectivity index (χ2n) is 5.50. The number of hydrogen-bond donors (Lipinski definition) is 0. The fourth-order valence-electron chi connectivity index (χ4n) is 2.44. The van der Waals surface area contributed by atoms with E-state index in [9.17, 15) is 4.79 Å². The summed E-state index contributed by atoms with van der Waals surface area (Å²) < 4.78 is 5.30. The van der Waals surface area contributed by atoms with Crippen molar-refractivity contribution < 1.29 is 9.53 Å². The average Bonchev–Trinajstić information content (AvgIpc) is 2.56. The van der Waals surface area contributed by atoms with Crippen LogP contribution < -0.4 is 9.64 Å². The molecule has 1 saturated heterocycles. The minimum atomic E-state index is -0.501. The lowest BCUT2D eigenvalue weighted by Crippen LogP contribution is -2.44. The second kappa shape index (κ2) is 6.98. The molecule has 0 saturated carbocycles. The van der Waals surface area contributed by atoms with Crippen LogP contribution in [0.4, 0.5) is 5.82 Å². The number of carbonyl (C=O) groups excluding carboxylic acids is 1. The summed E-state index contributed by atoms with van der Waals surface area (Å²) in [5.41, 5.74) is 0.272. The molecular weight excluding hydrogens is 314 g/mol. The Kier molecular flexibility index (Phi) is 4.79. The molecule has 0 atom stereocenters. The second-order valence-corrected chi connectivity index (χ2v) is 5.86. The molecule has 5 nitrogen and oxygen atoms in total. The monoisotopic (exact) mass is 331 g/mol. The van der Waals surface area contributed by atoms with Gasteiger partial charge in [-0.05, 0) is 31.3 Å². The fourth-order valence-corrected chi connectivity index (χ4v) is 2.67. The van der Waals surface area contributed by atoms with E-state index in [0.717, 1.165) is 32.0 Å². The lowest BCUT2D eigenvalue weighted by Gasteiger charge is -2.33. The molecule has 1 fully saturated rings. The first-order chi connectivity index (χ1) is 11.1. The number of piperazine rings is 1. The van der Waals surface area contributed by atoms with Gasteiger partial charge in [-0.15, -0.1) is 0 Å². The number of rotatable bonds is 3. The Bertz CT molecular complexity index is 685. The molecule has 0 radical (unpaired) electrons. The zero-order chi connectivity index (χ0) is 16.2. The Morgan fingerprint density at radius 2 is 1.78 bits per heavy atom. The third-order valence-corrected chi connectivity index (χ3v) is 4.12. The Hall–Kier alpha value is -2.11. The highest BCUT2D eigenvalue weighted by Gasteiger charge is 2.19. The van der Waals surface area contributed by atoms with E-state index in [4.69, 9.17) is 16.3 Å². The van der Waals surface area contributed by atoms with Crippen molar-refractivity contribution in [1.82, 2.24) is 9.88 Å². The van der Waals surface area contributed by atoms with Crippen LogP contribution in [0.15, 0.2) is 42.5 Å². The molecule has 23 heavy (non-hydrogen) atoms. The van der Waals surface area contributed by atoms with Crippen LogP contribution in [-0.4, -0.2) is 49.1 Å². The number of pyridine rings is 1. The molecule has 6 heteroatoms. The first kappa shape index (κ1) is 15.8. The van der Waals surface area contributed by atoms with E-state index < -0.39 is 5.97 Å². The van der Waals surface area contributed by atoms with Crippen LogP contribution in [0.2, 0.25) is 5.15 Å². The normalized spacial score (nSPS) is 15.5. The fraction of sp³-hybridized carbons (Fsp3) is 0.294. The molecule has 1 aliphatic rings. The lowest BCUT2D eigenvalue weighted by molar-refractivity contribution is 0.0734. The maximum Gasteiger partial charge on any atom is 0.346 e. The quantitative estimate of drug-likeness (QED) is 0.491. The first-order valence-corrected chi connectivity index (χ1v) is 7.88. The molecule has 0 spiro atoms. The number of aromatic nitrogens is 1. The zero-order valence-electron chi connectivity index (χ0n) is 12.9. The predicted molar refractivity (Wildman–Crippen MR) is 90.4 cm³/mol. The smallest absolute Gasteiger partial charge is 0.346 e. The average molecular weight is 332 g/mol. The molecule has 1 aromatic carbocycles. The summed E-state index contributed by atoms with van der Waals surface area (Å²) in [5.74, 6) is 0.773. The van der Waals surface area contributed by atoms with Gasteiger partial charge in [0.2, 0.25) is 0 Å². The summed E-state index contributed by atoms with van der Waals surface area (Å²) in [6.45, 7) is 3.76. The maximum atomic E-state index is 12.2. The van der Waals surface area contributed by atoms with Gasteiger partial charge in [-0.2, -0.15) is 0 Å². The van der Waals surface area contributed by atoms with Crippen molar-refractivity contribution in [3.63, 3.8) is 0 Å². The number of esters is 1. The summed E-state index contributed by atoms with van der Waals surface area (Å²) in [4.78, 5) is 21.0. The van der Waals surface area contributed by atoms with Gasteiger partial charge in [0, 0.05) is 26.2 Å². The van der Waals surface area contributed by atoms with Crippen molar-refractivity contribution in [2.45, 2.75) is 0 Å². The van der Waals surface area contributed by atoms with Crippen LogP contribution in [0.5, 0.6) is 5.75 Å². The van der Waals surface area contributed by atoms with E-state index >= 15 is 0 Å². The number of para-hydroxylation sites is 1. The van der Waals surface area contributed by atoms with Gasteiger partial charge < -0.3 is 14.5 Å². The van der Waals surface area contributed by atoms with Gasteiger partial charge >= 0.3 is 5.97 Å². The number of benzene rings is 1. The minimum absolute atomic E-state index is 0.169. The van der Waals surface area contributed by atoms with Gasteiger partial charge in [0.1, 0.15) is 16.7 Å². The highest BCUT2D eigenvalue weighted by Crippen LogP contribution is 2.22. The molecule has 2 aromatic rings. The third kappa shape index (κ3) is 3.81.